The Kier molecular flexibility index (Phi) is 54.6. The van der Waals surface area contributed by atoms with E-state index in [4.69, 9.17) is 14.2 Å². The lowest BCUT2D eigenvalue weighted by Crippen LogP contribution is -2.30. The molecule has 0 amide bonds. The van der Waals surface area contributed by atoms with Crippen LogP contribution in [0.25, 0.3) is 0 Å². The molecule has 0 spiro atoms. The van der Waals surface area contributed by atoms with E-state index in [0.29, 0.717) is 19.3 Å². The molecule has 0 aliphatic heterocycles. The summed E-state index contributed by atoms with van der Waals surface area (Å²) in [4.78, 5) is 38.2. The normalized spacial score (nSPS) is 13.5. The molecule has 0 saturated heterocycles. The maximum atomic E-state index is 12.9. The van der Waals surface area contributed by atoms with Gasteiger partial charge in [0.25, 0.3) is 0 Å². The van der Waals surface area contributed by atoms with Crippen LogP contribution in [0.4, 0.5) is 0 Å². The molecule has 0 rings (SSSR count). The summed E-state index contributed by atoms with van der Waals surface area (Å²) >= 11 is 0. The van der Waals surface area contributed by atoms with Crippen LogP contribution >= 0.6 is 0 Å². The minimum atomic E-state index is -0.844. The van der Waals surface area contributed by atoms with E-state index >= 15 is 0 Å². The predicted octanol–water partition coefficient (Wildman–Crippen LogP) is 19.3. The number of unbranched alkanes of at least 4 members (excludes halogenated alkanes) is 7. The van der Waals surface area contributed by atoms with Gasteiger partial charge in [0.15, 0.2) is 6.10 Å². The van der Waals surface area contributed by atoms with Gasteiger partial charge < -0.3 is 14.2 Å². The number of carbonyl (C=O) groups is 3. The van der Waals surface area contributed by atoms with Crippen LogP contribution < -0.4 is 0 Å². The van der Waals surface area contributed by atoms with Crippen LogP contribution in [0.3, 0.4) is 0 Å². The van der Waals surface area contributed by atoms with Crippen molar-refractivity contribution in [3.8, 4) is 0 Å². The third kappa shape index (κ3) is 57.3. The number of carbonyl (C=O) groups excluding carboxylic acids is 3. The first-order valence-electron chi connectivity index (χ1n) is 28.3. The number of allylic oxidation sites excluding steroid dienone is 30. The van der Waals surface area contributed by atoms with E-state index in [2.05, 4.69) is 203 Å². The summed E-state index contributed by atoms with van der Waals surface area (Å²) in [5, 5.41) is 0. The monoisotopic (exact) mass is 1000 g/mol. The first kappa shape index (κ1) is 67.5. The van der Waals surface area contributed by atoms with Crippen molar-refractivity contribution in [2.24, 2.45) is 0 Å². The molecule has 73 heavy (non-hydrogen) atoms. The van der Waals surface area contributed by atoms with Crippen molar-refractivity contribution < 1.29 is 28.6 Å². The second-order valence-electron chi connectivity index (χ2n) is 17.7. The van der Waals surface area contributed by atoms with Crippen LogP contribution in [0.1, 0.15) is 201 Å². The maximum Gasteiger partial charge on any atom is 0.306 e. The van der Waals surface area contributed by atoms with Gasteiger partial charge in [0.1, 0.15) is 13.2 Å². The Morgan fingerprint density at radius 2 is 0.507 bits per heavy atom. The topological polar surface area (TPSA) is 78.9 Å². The van der Waals surface area contributed by atoms with Crippen LogP contribution in [0.2, 0.25) is 0 Å². The van der Waals surface area contributed by atoms with Gasteiger partial charge in [0, 0.05) is 19.3 Å². The molecule has 0 aromatic rings. The largest absolute Gasteiger partial charge is 0.462 e. The van der Waals surface area contributed by atoms with E-state index in [1.807, 2.05) is 0 Å². The number of ether oxygens (including phenoxy) is 3. The van der Waals surface area contributed by atoms with E-state index in [0.717, 1.165) is 148 Å². The highest BCUT2D eigenvalue weighted by Crippen LogP contribution is 2.11. The molecular formula is C67H100O6. The lowest BCUT2D eigenvalue weighted by Gasteiger charge is -2.18. The average molecular weight is 1000 g/mol. The SMILES string of the molecule is CC/C=C/C/C=C/C/C=C/C/C=C/C/C=C/CCCCCC(=O)OC[C@@H](COC(=O)CCC/C=C/C/C=C/C/C=C/C/C=C/C/C=C/CC)OC(=O)CCCCC/C=C/C/C=C/C/C=C/C/C=C/C/C=C/CC. The molecular weight excluding hydrogens is 901 g/mol. The van der Waals surface area contributed by atoms with Gasteiger partial charge >= 0.3 is 17.9 Å². The molecule has 6 heteroatoms. The minimum Gasteiger partial charge on any atom is -0.462 e. The van der Waals surface area contributed by atoms with E-state index in [-0.39, 0.29) is 44.0 Å². The molecule has 0 aliphatic rings. The minimum absolute atomic E-state index is 0.137. The van der Waals surface area contributed by atoms with Crippen molar-refractivity contribution in [2.75, 3.05) is 13.2 Å². The van der Waals surface area contributed by atoms with Crippen molar-refractivity contribution in [1.82, 2.24) is 0 Å². The quantitative estimate of drug-likeness (QED) is 0.0262. The lowest BCUT2D eigenvalue weighted by atomic mass is 10.1. The molecule has 0 radical (unpaired) electrons. The summed E-state index contributed by atoms with van der Waals surface area (Å²) in [7, 11) is 0. The molecule has 0 saturated carbocycles. The Morgan fingerprint density at radius 1 is 0.274 bits per heavy atom. The van der Waals surface area contributed by atoms with Gasteiger partial charge in [-0.1, -0.05) is 216 Å². The van der Waals surface area contributed by atoms with Crippen LogP contribution in [0, 0.1) is 0 Å². The third-order valence-corrected chi connectivity index (χ3v) is 10.9. The van der Waals surface area contributed by atoms with Crippen LogP contribution in [-0.4, -0.2) is 37.2 Å². The highest BCUT2D eigenvalue weighted by atomic mass is 16.6. The number of hydrogen-bond acceptors (Lipinski definition) is 6. The smallest absolute Gasteiger partial charge is 0.306 e. The molecule has 0 unspecified atom stereocenters. The Balaban J connectivity index is 4.65. The van der Waals surface area contributed by atoms with Gasteiger partial charge in [-0.25, -0.2) is 0 Å². The summed E-state index contributed by atoms with van der Waals surface area (Å²) in [6.07, 6.45) is 88.8. The molecule has 0 N–H and O–H groups in total. The fraction of sp³-hybridized carbons (Fsp3) is 0.507. The van der Waals surface area contributed by atoms with Gasteiger partial charge in [-0.2, -0.15) is 0 Å². The van der Waals surface area contributed by atoms with Crippen molar-refractivity contribution >= 4 is 17.9 Å². The number of hydrogen-bond donors (Lipinski definition) is 0. The summed E-state index contributed by atoms with van der Waals surface area (Å²) in [6.45, 7) is 6.16. The molecule has 6 nitrogen and oxygen atoms in total. The first-order valence-corrected chi connectivity index (χ1v) is 28.3. The number of esters is 3. The molecule has 1 atom stereocenters. The maximum absolute atomic E-state index is 12.9. The van der Waals surface area contributed by atoms with Crippen molar-refractivity contribution in [2.45, 2.75) is 207 Å². The zero-order valence-corrected chi connectivity index (χ0v) is 46.1. The lowest BCUT2D eigenvalue weighted by molar-refractivity contribution is -0.167. The Morgan fingerprint density at radius 3 is 0.795 bits per heavy atom. The van der Waals surface area contributed by atoms with Crippen molar-refractivity contribution in [3.63, 3.8) is 0 Å². The number of rotatable bonds is 48. The zero-order chi connectivity index (χ0) is 52.9. The first-order chi connectivity index (χ1) is 36.0. The van der Waals surface area contributed by atoms with Crippen LogP contribution in [0.15, 0.2) is 182 Å². The molecule has 0 aliphatic carbocycles. The standard InChI is InChI=1S/C67H100O6/c1-4-7-10-13-16-19-22-25-28-31-33-36-39-42-45-48-51-54-57-60-66(69)72-63-64(62-71-65(68)59-56-53-50-47-44-41-38-35-30-27-24-21-18-15-12-9-6-3)73-67(70)61-58-55-52-49-46-43-40-37-34-32-29-26-23-20-17-14-11-8-5-2/h7-12,16-21,25-30,33-34,36-38,41-43,45-47,50,64H,4-6,13-15,22-24,31-32,35,39-40,44,48-49,51-63H2,1-3H3/b10-7+,11-8+,12-9+,19-16+,20-17+,21-18+,28-25+,29-26+,30-27+,36-33+,37-34+,41-38+,45-42+,46-43+,50-47+/t64-/m1/s1. The van der Waals surface area contributed by atoms with Crippen LogP contribution in [0.5, 0.6) is 0 Å². The molecule has 404 valence electrons. The van der Waals surface area contributed by atoms with Gasteiger partial charge in [-0.15, -0.1) is 0 Å². The van der Waals surface area contributed by atoms with Crippen LogP contribution in [-0.2, 0) is 28.6 Å². The highest BCUT2D eigenvalue weighted by molar-refractivity contribution is 5.71. The van der Waals surface area contributed by atoms with E-state index in [1.165, 1.54) is 0 Å². The van der Waals surface area contributed by atoms with Crippen molar-refractivity contribution in [1.29, 1.82) is 0 Å². The Hall–Kier alpha value is -5.49. The third-order valence-electron chi connectivity index (χ3n) is 10.9. The fourth-order valence-corrected chi connectivity index (χ4v) is 6.76. The summed E-state index contributed by atoms with van der Waals surface area (Å²) in [5.41, 5.74) is 0. The van der Waals surface area contributed by atoms with E-state index in [1.54, 1.807) is 0 Å². The van der Waals surface area contributed by atoms with Crippen molar-refractivity contribution in [3.05, 3.63) is 182 Å². The molecule has 0 bridgehead atoms. The fourth-order valence-electron chi connectivity index (χ4n) is 6.76. The van der Waals surface area contributed by atoms with Gasteiger partial charge in [-0.05, 0) is 148 Å². The van der Waals surface area contributed by atoms with E-state index < -0.39 is 6.10 Å². The van der Waals surface area contributed by atoms with Gasteiger partial charge in [0.05, 0.1) is 0 Å². The molecule has 0 aromatic heterocycles. The summed E-state index contributed by atoms with van der Waals surface area (Å²) < 4.78 is 16.8. The van der Waals surface area contributed by atoms with Gasteiger partial charge in [-0.3, -0.25) is 14.4 Å². The molecule has 0 heterocycles. The highest BCUT2D eigenvalue weighted by Gasteiger charge is 2.19. The second kappa shape index (κ2) is 59.1. The summed E-state index contributed by atoms with van der Waals surface area (Å²) in [5.74, 6) is -1.07. The molecule has 0 fully saturated rings. The van der Waals surface area contributed by atoms with E-state index in [9.17, 15) is 14.4 Å². The second-order valence-corrected chi connectivity index (χ2v) is 17.7. The Bertz CT molecular complexity index is 1770. The van der Waals surface area contributed by atoms with Gasteiger partial charge in [0.2, 0.25) is 0 Å². The summed E-state index contributed by atoms with van der Waals surface area (Å²) in [6, 6.07) is 0. The average Bonchev–Trinajstić information content (AvgIpc) is 3.39. The zero-order valence-electron chi connectivity index (χ0n) is 46.1. The predicted molar refractivity (Wildman–Crippen MR) is 315 cm³/mol. The Labute approximate surface area is 446 Å². The molecule has 0 aromatic carbocycles.